The number of likely N-dealkylation sites (N-methyl/N-ethyl adjacent to an activating group) is 1. The Morgan fingerprint density at radius 1 is 1.10 bits per heavy atom. The monoisotopic (exact) mass is 411 g/mol. The molecule has 158 valence electrons. The first kappa shape index (κ1) is 22.4. The number of rotatable bonds is 8. The van der Waals surface area contributed by atoms with Gasteiger partial charge in [-0.2, -0.15) is 13.2 Å². The molecule has 2 N–H and O–H groups in total. The molecule has 2 rings (SSSR count). The van der Waals surface area contributed by atoms with Crippen molar-refractivity contribution in [3.05, 3.63) is 54.1 Å². The minimum absolute atomic E-state index is 0.115. The number of alkyl halides is 3. The average molecular weight is 411 g/mol. The quantitative estimate of drug-likeness (QED) is 0.688. The van der Waals surface area contributed by atoms with Crippen LogP contribution in [0.5, 0.6) is 11.5 Å². The number of hydrogen-bond acceptors (Lipinski definition) is 4. The first-order valence-electron chi connectivity index (χ1n) is 8.82. The summed E-state index contributed by atoms with van der Waals surface area (Å²) in [5, 5.41) is 5.49. The summed E-state index contributed by atoms with van der Waals surface area (Å²) >= 11 is 0. The normalized spacial score (nSPS) is 12.4. The fourth-order valence-corrected chi connectivity index (χ4v) is 2.64. The van der Waals surface area contributed by atoms with E-state index in [2.05, 4.69) is 10.6 Å². The van der Waals surface area contributed by atoms with Crippen molar-refractivity contribution in [1.29, 1.82) is 0 Å². The van der Waals surface area contributed by atoms with Gasteiger partial charge in [-0.15, -0.1) is 0 Å². The van der Waals surface area contributed by atoms with Gasteiger partial charge in [-0.25, -0.2) is 4.79 Å². The Bertz CT molecular complexity index is 799. The van der Waals surface area contributed by atoms with Crippen LogP contribution in [0.3, 0.4) is 0 Å². The van der Waals surface area contributed by atoms with Crippen molar-refractivity contribution in [3.8, 4) is 11.5 Å². The zero-order valence-corrected chi connectivity index (χ0v) is 16.4. The molecular weight excluding hydrogens is 387 g/mol. The van der Waals surface area contributed by atoms with E-state index in [1.807, 2.05) is 49.3 Å². The number of carbonyl (C=O) groups excluding carboxylic acids is 1. The van der Waals surface area contributed by atoms with E-state index in [0.29, 0.717) is 6.54 Å². The SMILES string of the molecule is COc1ccc(NC(=O)NC(CN(C)C)c2ccccc2)cc1OCC(F)(F)F. The molecule has 0 saturated heterocycles. The molecule has 2 amide bonds. The topological polar surface area (TPSA) is 62.8 Å². The number of methoxy groups -OCH3 is 1. The van der Waals surface area contributed by atoms with Crippen LogP contribution < -0.4 is 20.1 Å². The molecule has 0 saturated carbocycles. The highest BCUT2D eigenvalue weighted by molar-refractivity contribution is 5.90. The molecule has 0 aliphatic rings. The number of carbonyl (C=O) groups is 1. The fourth-order valence-electron chi connectivity index (χ4n) is 2.64. The van der Waals surface area contributed by atoms with Crippen LogP contribution in [-0.2, 0) is 0 Å². The summed E-state index contributed by atoms with van der Waals surface area (Å²) in [6.07, 6.45) is -4.49. The third-order valence-electron chi connectivity index (χ3n) is 3.87. The lowest BCUT2D eigenvalue weighted by Gasteiger charge is -2.23. The summed E-state index contributed by atoms with van der Waals surface area (Å²) in [7, 11) is 5.10. The molecular formula is C20H24F3N3O3. The highest BCUT2D eigenvalue weighted by Gasteiger charge is 2.29. The van der Waals surface area contributed by atoms with Crippen LogP contribution in [0.15, 0.2) is 48.5 Å². The Labute approximate surface area is 167 Å². The van der Waals surface area contributed by atoms with E-state index in [1.165, 1.54) is 25.3 Å². The van der Waals surface area contributed by atoms with Gasteiger partial charge in [0.25, 0.3) is 0 Å². The molecule has 2 aromatic rings. The van der Waals surface area contributed by atoms with Crippen molar-refractivity contribution in [2.75, 3.05) is 39.7 Å². The van der Waals surface area contributed by atoms with E-state index in [9.17, 15) is 18.0 Å². The number of benzene rings is 2. The van der Waals surface area contributed by atoms with Crippen molar-refractivity contribution >= 4 is 11.7 Å². The van der Waals surface area contributed by atoms with Gasteiger partial charge in [0.15, 0.2) is 18.1 Å². The summed E-state index contributed by atoms with van der Waals surface area (Å²) in [5.74, 6) is 0.0190. The Hall–Kier alpha value is -2.94. The number of urea groups is 1. The molecule has 0 heterocycles. The van der Waals surface area contributed by atoms with E-state index < -0.39 is 18.8 Å². The fraction of sp³-hybridized carbons (Fsp3) is 0.350. The lowest BCUT2D eigenvalue weighted by atomic mass is 10.1. The smallest absolute Gasteiger partial charge is 0.422 e. The van der Waals surface area contributed by atoms with Crippen LogP contribution in [0.1, 0.15) is 11.6 Å². The Morgan fingerprint density at radius 2 is 1.79 bits per heavy atom. The molecule has 2 aromatic carbocycles. The number of nitrogens with one attached hydrogen (secondary N) is 2. The van der Waals surface area contributed by atoms with Crippen molar-refractivity contribution in [1.82, 2.24) is 10.2 Å². The Kier molecular flexibility index (Phi) is 7.72. The second-order valence-electron chi connectivity index (χ2n) is 6.59. The van der Waals surface area contributed by atoms with Crippen LogP contribution in [0.4, 0.5) is 23.7 Å². The number of hydrogen-bond donors (Lipinski definition) is 2. The maximum Gasteiger partial charge on any atom is 0.422 e. The first-order chi connectivity index (χ1) is 13.7. The maximum atomic E-state index is 12.5. The van der Waals surface area contributed by atoms with Crippen LogP contribution in [0.25, 0.3) is 0 Å². The van der Waals surface area contributed by atoms with Crippen LogP contribution in [0.2, 0.25) is 0 Å². The van der Waals surface area contributed by atoms with Gasteiger partial charge in [0.05, 0.1) is 13.2 Å². The molecule has 6 nitrogen and oxygen atoms in total. The predicted octanol–water partition coefficient (Wildman–Crippen LogP) is 4.06. The highest BCUT2D eigenvalue weighted by Crippen LogP contribution is 2.31. The molecule has 0 aliphatic carbocycles. The standard InChI is InChI=1S/C20H24F3N3O3/c1-26(2)12-16(14-7-5-4-6-8-14)25-19(27)24-15-9-10-17(28-3)18(11-15)29-13-20(21,22)23/h4-11,16H,12-13H2,1-3H3,(H2,24,25,27). The molecule has 0 fully saturated rings. The summed E-state index contributed by atoms with van der Waals surface area (Å²) in [5.41, 5.74) is 1.21. The molecule has 9 heteroatoms. The lowest BCUT2D eigenvalue weighted by Crippen LogP contribution is -2.37. The molecule has 0 radical (unpaired) electrons. The minimum atomic E-state index is -4.49. The van der Waals surface area contributed by atoms with Crippen molar-refractivity contribution in [2.24, 2.45) is 0 Å². The third-order valence-corrected chi connectivity index (χ3v) is 3.87. The zero-order valence-electron chi connectivity index (χ0n) is 16.4. The molecule has 29 heavy (non-hydrogen) atoms. The van der Waals surface area contributed by atoms with E-state index in [4.69, 9.17) is 9.47 Å². The van der Waals surface area contributed by atoms with Gasteiger partial charge in [0.1, 0.15) is 0 Å². The van der Waals surface area contributed by atoms with E-state index in [0.717, 1.165) is 5.56 Å². The molecule has 0 bridgehead atoms. The van der Waals surface area contributed by atoms with Gasteiger partial charge in [-0.05, 0) is 31.8 Å². The summed E-state index contributed by atoms with van der Waals surface area (Å²) in [6.45, 7) is -0.891. The van der Waals surface area contributed by atoms with Gasteiger partial charge in [-0.3, -0.25) is 0 Å². The molecule has 0 aromatic heterocycles. The van der Waals surface area contributed by atoms with Crippen molar-refractivity contribution in [2.45, 2.75) is 12.2 Å². The lowest BCUT2D eigenvalue weighted by molar-refractivity contribution is -0.153. The number of halogens is 3. The number of nitrogens with zero attached hydrogens (tertiary/aromatic N) is 1. The molecule has 0 spiro atoms. The van der Waals surface area contributed by atoms with E-state index in [1.54, 1.807) is 0 Å². The first-order valence-corrected chi connectivity index (χ1v) is 8.82. The second-order valence-corrected chi connectivity index (χ2v) is 6.59. The van der Waals surface area contributed by atoms with E-state index in [-0.39, 0.29) is 23.2 Å². The molecule has 1 atom stereocenters. The average Bonchev–Trinajstić information content (AvgIpc) is 2.65. The van der Waals surface area contributed by atoms with Crippen molar-refractivity contribution < 1.29 is 27.4 Å². The molecule has 1 unspecified atom stereocenters. The highest BCUT2D eigenvalue weighted by atomic mass is 19.4. The van der Waals surface area contributed by atoms with Gasteiger partial charge in [0, 0.05) is 18.3 Å². The van der Waals surface area contributed by atoms with Crippen LogP contribution in [-0.4, -0.2) is 51.5 Å². The maximum absolute atomic E-state index is 12.5. The van der Waals surface area contributed by atoms with E-state index >= 15 is 0 Å². The second kappa shape index (κ2) is 10.0. The van der Waals surface area contributed by atoms with Gasteiger partial charge in [0.2, 0.25) is 0 Å². The number of ether oxygens (including phenoxy) is 2. The third kappa shape index (κ3) is 7.53. The van der Waals surface area contributed by atoms with Gasteiger partial charge < -0.3 is 25.0 Å². The Morgan fingerprint density at radius 3 is 2.38 bits per heavy atom. The zero-order chi connectivity index (χ0) is 21.4. The largest absolute Gasteiger partial charge is 0.493 e. The van der Waals surface area contributed by atoms with Crippen molar-refractivity contribution in [3.63, 3.8) is 0 Å². The summed E-state index contributed by atoms with van der Waals surface area (Å²) in [4.78, 5) is 14.4. The van der Waals surface area contributed by atoms with Gasteiger partial charge >= 0.3 is 12.2 Å². The predicted molar refractivity (Wildman–Crippen MR) is 104 cm³/mol. The van der Waals surface area contributed by atoms with Gasteiger partial charge in [-0.1, -0.05) is 30.3 Å². The summed E-state index contributed by atoms with van der Waals surface area (Å²) in [6, 6.07) is 12.9. The Balaban J connectivity index is 2.10. The molecule has 0 aliphatic heterocycles. The number of amides is 2. The van der Waals surface area contributed by atoms with Crippen LogP contribution in [0, 0.1) is 0 Å². The minimum Gasteiger partial charge on any atom is -0.493 e. The summed E-state index contributed by atoms with van der Waals surface area (Å²) < 4.78 is 47.1. The number of anilines is 1. The van der Waals surface area contributed by atoms with Crippen LogP contribution >= 0.6 is 0 Å².